The van der Waals surface area contributed by atoms with Crippen LogP contribution in [-0.2, 0) is 20.1 Å². The van der Waals surface area contributed by atoms with Gasteiger partial charge in [0.05, 0.1) is 24.1 Å². The van der Waals surface area contributed by atoms with Gasteiger partial charge in [0.1, 0.15) is 0 Å². The molecule has 0 saturated carbocycles. The third kappa shape index (κ3) is 4.54. The highest BCUT2D eigenvalue weighted by atomic mass is 16.5. The third-order valence-electron chi connectivity index (χ3n) is 5.65. The second kappa shape index (κ2) is 8.57. The number of pyridine rings is 1. The summed E-state index contributed by atoms with van der Waals surface area (Å²) in [5.41, 5.74) is 4.16. The Kier molecular flexibility index (Phi) is 5.71. The molecule has 0 unspecified atom stereocenters. The summed E-state index contributed by atoms with van der Waals surface area (Å²) in [6.07, 6.45) is 5.66. The molecule has 1 aliphatic heterocycles. The van der Waals surface area contributed by atoms with E-state index < -0.39 is 0 Å². The largest absolute Gasteiger partial charge is 0.351 e. The molecule has 4 heterocycles. The quantitative estimate of drug-likeness (QED) is 0.691. The van der Waals surface area contributed by atoms with E-state index in [4.69, 9.17) is 4.52 Å². The molecule has 1 amide bonds. The van der Waals surface area contributed by atoms with Gasteiger partial charge in [-0.3, -0.25) is 19.4 Å². The van der Waals surface area contributed by atoms with Crippen LogP contribution in [-0.4, -0.2) is 43.8 Å². The molecular weight excluding hydrogens is 368 g/mol. The van der Waals surface area contributed by atoms with Crippen LogP contribution in [0.2, 0.25) is 0 Å². The van der Waals surface area contributed by atoms with Crippen molar-refractivity contribution in [3.63, 3.8) is 0 Å². The molecule has 0 atom stereocenters. The zero-order valence-corrected chi connectivity index (χ0v) is 16.8. The van der Waals surface area contributed by atoms with Gasteiger partial charge in [-0.05, 0) is 45.0 Å². The number of rotatable bonds is 6. The highest BCUT2D eigenvalue weighted by Crippen LogP contribution is 2.28. The average Bonchev–Trinajstić information content (AvgIpc) is 3.36. The number of hydrogen-bond donors (Lipinski definition) is 1. The van der Waals surface area contributed by atoms with Crippen molar-refractivity contribution >= 4 is 5.91 Å². The first kappa shape index (κ1) is 19.3. The van der Waals surface area contributed by atoms with Crippen molar-refractivity contribution in [2.24, 2.45) is 7.05 Å². The van der Waals surface area contributed by atoms with Gasteiger partial charge in [-0.25, -0.2) is 0 Å². The molecule has 8 heteroatoms. The lowest BCUT2D eigenvalue weighted by Crippen LogP contribution is -2.32. The van der Waals surface area contributed by atoms with Gasteiger partial charge >= 0.3 is 0 Å². The van der Waals surface area contributed by atoms with E-state index in [2.05, 4.69) is 32.4 Å². The van der Waals surface area contributed by atoms with Gasteiger partial charge in [-0.2, -0.15) is 5.10 Å². The van der Waals surface area contributed by atoms with Crippen LogP contribution in [0.3, 0.4) is 0 Å². The highest BCUT2D eigenvalue weighted by molar-refractivity contribution is 5.91. The van der Waals surface area contributed by atoms with Gasteiger partial charge < -0.3 is 9.84 Å². The number of carbonyl (C=O) groups excluding carboxylic acids is 1. The second-order valence-electron chi connectivity index (χ2n) is 7.55. The van der Waals surface area contributed by atoms with Gasteiger partial charge in [0.25, 0.3) is 5.91 Å². The average molecular weight is 394 g/mol. The minimum atomic E-state index is -0.265. The summed E-state index contributed by atoms with van der Waals surface area (Å²) in [4.78, 5) is 19.0. The molecule has 4 rings (SSSR count). The van der Waals surface area contributed by atoms with E-state index in [0.29, 0.717) is 12.5 Å². The van der Waals surface area contributed by atoms with E-state index in [1.165, 1.54) is 11.3 Å². The van der Waals surface area contributed by atoms with Crippen LogP contribution in [0.5, 0.6) is 0 Å². The summed E-state index contributed by atoms with van der Waals surface area (Å²) in [5.74, 6) is 0.311. The lowest BCUT2D eigenvalue weighted by molar-refractivity contribution is 0.0913. The van der Waals surface area contributed by atoms with E-state index in [-0.39, 0.29) is 11.7 Å². The molecule has 3 aromatic heterocycles. The Morgan fingerprint density at radius 3 is 2.83 bits per heavy atom. The third-order valence-corrected chi connectivity index (χ3v) is 5.65. The zero-order chi connectivity index (χ0) is 20.2. The predicted molar refractivity (Wildman–Crippen MR) is 107 cm³/mol. The first-order chi connectivity index (χ1) is 14.1. The number of piperidine rings is 1. The summed E-state index contributed by atoms with van der Waals surface area (Å²) in [6, 6.07) is 7.38. The number of carbonyl (C=O) groups is 1. The topological polar surface area (TPSA) is 89.1 Å². The van der Waals surface area contributed by atoms with Crippen LogP contribution in [0.15, 0.2) is 41.2 Å². The SMILES string of the molecule is Cc1c(CN2CCC(c3cc(C(=O)NCc4ccccn4)on3)CC2)cnn1C. The monoisotopic (exact) mass is 394 g/mol. The molecule has 1 fully saturated rings. The number of hydrogen-bond acceptors (Lipinski definition) is 6. The van der Waals surface area contributed by atoms with Crippen LogP contribution in [0.4, 0.5) is 0 Å². The molecule has 1 aliphatic rings. The number of amides is 1. The normalized spacial score (nSPS) is 15.5. The molecule has 0 radical (unpaired) electrons. The van der Waals surface area contributed by atoms with Gasteiger partial charge in [0.15, 0.2) is 0 Å². The lowest BCUT2D eigenvalue weighted by Gasteiger charge is -2.30. The second-order valence-corrected chi connectivity index (χ2v) is 7.55. The number of aromatic nitrogens is 4. The number of nitrogens with zero attached hydrogens (tertiary/aromatic N) is 5. The highest BCUT2D eigenvalue weighted by Gasteiger charge is 2.25. The molecule has 29 heavy (non-hydrogen) atoms. The van der Waals surface area contributed by atoms with Gasteiger partial charge in [-0.1, -0.05) is 11.2 Å². The van der Waals surface area contributed by atoms with Crippen molar-refractivity contribution in [2.75, 3.05) is 13.1 Å². The van der Waals surface area contributed by atoms with Gasteiger partial charge in [0.2, 0.25) is 5.76 Å². The van der Waals surface area contributed by atoms with E-state index in [0.717, 1.165) is 43.9 Å². The van der Waals surface area contributed by atoms with Crippen molar-refractivity contribution in [3.8, 4) is 0 Å². The Balaban J connectivity index is 1.29. The van der Waals surface area contributed by atoms with E-state index in [9.17, 15) is 4.79 Å². The van der Waals surface area contributed by atoms with E-state index in [1.807, 2.05) is 36.1 Å². The Labute approximate surface area is 169 Å². The molecule has 0 aliphatic carbocycles. The smallest absolute Gasteiger partial charge is 0.290 e. The molecule has 0 aromatic carbocycles. The number of nitrogens with one attached hydrogen (secondary N) is 1. The summed E-state index contributed by atoms with van der Waals surface area (Å²) in [5, 5.41) is 11.3. The predicted octanol–water partition coefficient (Wildman–Crippen LogP) is 2.42. The minimum Gasteiger partial charge on any atom is -0.351 e. The molecule has 0 spiro atoms. The minimum absolute atomic E-state index is 0.254. The maximum Gasteiger partial charge on any atom is 0.290 e. The fourth-order valence-electron chi connectivity index (χ4n) is 3.68. The molecule has 1 N–H and O–H groups in total. The van der Waals surface area contributed by atoms with Crippen molar-refractivity contribution in [1.29, 1.82) is 0 Å². The number of aryl methyl sites for hydroxylation is 1. The fraction of sp³-hybridized carbons (Fsp3) is 0.429. The summed E-state index contributed by atoms with van der Waals surface area (Å²) >= 11 is 0. The fourth-order valence-corrected chi connectivity index (χ4v) is 3.68. The van der Waals surface area contributed by atoms with Gasteiger partial charge in [-0.15, -0.1) is 0 Å². The van der Waals surface area contributed by atoms with Crippen molar-refractivity contribution < 1.29 is 9.32 Å². The van der Waals surface area contributed by atoms with Gasteiger partial charge in [0, 0.05) is 43.0 Å². The Hall–Kier alpha value is -3.00. The molecular formula is C21H26N6O2. The molecule has 8 nitrogen and oxygen atoms in total. The summed E-state index contributed by atoms with van der Waals surface area (Å²) < 4.78 is 7.22. The van der Waals surface area contributed by atoms with Crippen molar-refractivity contribution in [3.05, 3.63) is 65.1 Å². The van der Waals surface area contributed by atoms with Crippen LogP contribution >= 0.6 is 0 Å². The summed E-state index contributed by atoms with van der Waals surface area (Å²) in [7, 11) is 1.97. The number of likely N-dealkylation sites (tertiary alicyclic amines) is 1. The van der Waals surface area contributed by atoms with Crippen LogP contribution in [0.25, 0.3) is 0 Å². The molecule has 1 saturated heterocycles. The first-order valence-electron chi connectivity index (χ1n) is 9.94. The lowest BCUT2D eigenvalue weighted by atomic mass is 9.93. The maximum absolute atomic E-state index is 12.3. The molecule has 152 valence electrons. The standard InChI is InChI=1S/C21H26N6O2/c1-15-17(12-24-26(15)2)14-27-9-6-16(7-10-27)19-11-20(29-25-19)21(28)23-13-18-5-3-4-8-22-18/h3-5,8,11-12,16H,6-7,9-10,13-14H2,1-2H3,(H,23,28). The Morgan fingerprint density at radius 1 is 1.31 bits per heavy atom. The first-order valence-corrected chi connectivity index (χ1v) is 9.94. The van der Waals surface area contributed by atoms with Crippen LogP contribution in [0.1, 0.15) is 52.0 Å². The summed E-state index contributed by atoms with van der Waals surface area (Å²) in [6.45, 7) is 5.37. The van der Waals surface area contributed by atoms with E-state index >= 15 is 0 Å². The van der Waals surface area contributed by atoms with Crippen molar-refractivity contribution in [1.82, 2.24) is 30.1 Å². The Morgan fingerprint density at radius 2 is 2.14 bits per heavy atom. The van der Waals surface area contributed by atoms with Crippen LogP contribution < -0.4 is 5.32 Å². The molecule has 0 bridgehead atoms. The van der Waals surface area contributed by atoms with Crippen molar-refractivity contribution in [2.45, 2.75) is 38.8 Å². The van der Waals surface area contributed by atoms with E-state index in [1.54, 1.807) is 12.3 Å². The zero-order valence-electron chi connectivity index (χ0n) is 16.8. The molecule has 3 aromatic rings. The van der Waals surface area contributed by atoms with Crippen LogP contribution in [0, 0.1) is 6.92 Å². The Bertz CT molecular complexity index is 957. The maximum atomic E-state index is 12.3.